The SMILES string of the molecule is Cc1ccc(-c2ccc(NCc3ccc(S(C)(=O)=O)cc3-c3ccc(C(=O)NCCC(=O)O)nc3)cc2)cc1. The minimum atomic E-state index is -3.44. The van der Waals surface area contributed by atoms with E-state index in [1.807, 2.05) is 24.3 Å². The lowest BCUT2D eigenvalue weighted by Crippen LogP contribution is -2.26. The number of sulfone groups is 1. The number of rotatable bonds is 10. The quantitative estimate of drug-likeness (QED) is 0.259. The number of anilines is 1. The summed E-state index contributed by atoms with van der Waals surface area (Å²) in [6.07, 6.45) is 2.48. The number of hydrogen-bond acceptors (Lipinski definition) is 6. The summed E-state index contributed by atoms with van der Waals surface area (Å²) in [6, 6.07) is 24.6. The Morgan fingerprint density at radius 2 is 1.51 bits per heavy atom. The van der Waals surface area contributed by atoms with Crippen molar-refractivity contribution in [3.63, 3.8) is 0 Å². The third-order valence-electron chi connectivity index (χ3n) is 6.19. The molecule has 3 aromatic carbocycles. The average molecular weight is 544 g/mol. The number of carboxylic acid groups (broad SMARTS) is 1. The maximum absolute atomic E-state index is 12.3. The number of amides is 1. The van der Waals surface area contributed by atoms with E-state index in [1.165, 1.54) is 17.8 Å². The van der Waals surface area contributed by atoms with Crippen LogP contribution in [-0.2, 0) is 21.2 Å². The second kappa shape index (κ2) is 11.9. The highest BCUT2D eigenvalue weighted by Crippen LogP contribution is 2.28. The van der Waals surface area contributed by atoms with Gasteiger partial charge in [0.25, 0.3) is 5.91 Å². The Kier molecular flexibility index (Phi) is 8.41. The van der Waals surface area contributed by atoms with E-state index >= 15 is 0 Å². The first-order valence-electron chi connectivity index (χ1n) is 12.3. The zero-order valence-corrected chi connectivity index (χ0v) is 22.5. The molecule has 1 amide bonds. The zero-order chi connectivity index (χ0) is 28.0. The molecule has 4 rings (SSSR count). The van der Waals surface area contributed by atoms with E-state index in [9.17, 15) is 18.0 Å². The summed E-state index contributed by atoms with van der Waals surface area (Å²) in [5.74, 6) is -1.49. The molecule has 0 saturated carbocycles. The van der Waals surface area contributed by atoms with Gasteiger partial charge < -0.3 is 15.7 Å². The number of carbonyl (C=O) groups excluding carboxylic acids is 1. The van der Waals surface area contributed by atoms with Crippen LogP contribution in [-0.4, -0.2) is 43.2 Å². The van der Waals surface area contributed by atoms with Gasteiger partial charge in [0.15, 0.2) is 9.84 Å². The van der Waals surface area contributed by atoms with Crippen molar-refractivity contribution in [3.8, 4) is 22.3 Å². The smallest absolute Gasteiger partial charge is 0.305 e. The highest BCUT2D eigenvalue weighted by atomic mass is 32.2. The summed E-state index contributed by atoms with van der Waals surface area (Å²) in [5, 5.41) is 14.6. The minimum absolute atomic E-state index is 0.00415. The van der Waals surface area contributed by atoms with Gasteiger partial charge in [-0.05, 0) is 59.5 Å². The van der Waals surface area contributed by atoms with E-state index in [4.69, 9.17) is 5.11 Å². The van der Waals surface area contributed by atoms with Gasteiger partial charge in [0.2, 0.25) is 0 Å². The van der Waals surface area contributed by atoms with Gasteiger partial charge in [-0.25, -0.2) is 8.42 Å². The van der Waals surface area contributed by atoms with Crippen molar-refractivity contribution >= 4 is 27.4 Å². The Hall–Kier alpha value is -4.50. The highest BCUT2D eigenvalue weighted by Gasteiger charge is 2.14. The molecule has 8 nitrogen and oxygen atoms in total. The molecule has 200 valence electrons. The standard InChI is InChI=1S/C30H29N3O5S/c1-20-3-5-21(6-4-20)22-7-11-25(12-8-22)32-18-23-9-13-26(39(2,37)38)17-27(23)24-10-14-28(33-19-24)30(36)31-16-15-29(34)35/h3-14,17,19,32H,15-16,18H2,1-2H3,(H,31,36)(H,34,35). The molecule has 39 heavy (non-hydrogen) atoms. The topological polar surface area (TPSA) is 125 Å². The lowest BCUT2D eigenvalue weighted by molar-refractivity contribution is -0.136. The van der Waals surface area contributed by atoms with E-state index in [2.05, 4.69) is 46.8 Å². The fraction of sp³-hybridized carbons (Fsp3) is 0.167. The minimum Gasteiger partial charge on any atom is -0.481 e. The first kappa shape index (κ1) is 27.5. The maximum atomic E-state index is 12.3. The Bertz CT molecular complexity index is 1580. The number of hydrogen-bond donors (Lipinski definition) is 3. The number of aliphatic carboxylic acids is 1. The van der Waals surface area contributed by atoms with Crippen molar-refractivity contribution in [2.24, 2.45) is 0 Å². The van der Waals surface area contributed by atoms with Gasteiger partial charge in [-0.2, -0.15) is 0 Å². The molecule has 0 atom stereocenters. The number of aryl methyl sites for hydroxylation is 1. The van der Waals surface area contributed by atoms with Crippen molar-refractivity contribution in [2.75, 3.05) is 18.1 Å². The predicted molar refractivity (Wildman–Crippen MR) is 151 cm³/mol. The van der Waals surface area contributed by atoms with Gasteiger partial charge >= 0.3 is 5.97 Å². The van der Waals surface area contributed by atoms with Gasteiger partial charge in [-0.3, -0.25) is 14.6 Å². The van der Waals surface area contributed by atoms with Crippen molar-refractivity contribution in [1.29, 1.82) is 0 Å². The fourth-order valence-electron chi connectivity index (χ4n) is 3.99. The molecule has 0 fully saturated rings. The fourth-order valence-corrected chi connectivity index (χ4v) is 4.64. The molecule has 9 heteroatoms. The van der Waals surface area contributed by atoms with Gasteiger partial charge in [-0.1, -0.05) is 54.1 Å². The van der Waals surface area contributed by atoms with E-state index in [0.717, 1.165) is 28.6 Å². The summed E-state index contributed by atoms with van der Waals surface area (Å²) in [6.45, 7) is 2.48. The number of carboxylic acids is 1. The first-order chi connectivity index (χ1) is 18.6. The second-order valence-electron chi connectivity index (χ2n) is 9.22. The number of benzene rings is 3. The van der Waals surface area contributed by atoms with Crippen LogP contribution in [0.1, 0.15) is 28.0 Å². The van der Waals surface area contributed by atoms with E-state index in [-0.39, 0.29) is 23.6 Å². The van der Waals surface area contributed by atoms with E-state index < -0.39 is 21.7 Å². The Morgan fingerprint density at radius 3 is 2.10 bits per heavy atom. The van der Waals surface area contributed by atoms with Crippen molar-refractivity contribution in [1.82, 2.24) is 10.3 Å². The lowest BCUT2D eigenvalue weighted by atomic mass is 10.0. The third-order valence-corrected chi connectivity index (χ3v) is 7.30. The van der Waals surface area contributed by atoms with Crippen LogP contribution in [0.2, 0.25) is 0 Å². The summed E-state index contributed by atoms with van der Waals surface area (Å²) in [7, 11) is -3.44. The van der Waals surface area contributed by atoms with Gasteiger partial charge in [0.1, 0.15) is 5.69 Å². The molecule has 0 bridgehead atoms. The number of aromatic nitrogens is 1. The molecule has 0 saturated heterocycles. The number of nitrogens with zero attached hydrogens (tertiary/aromatic N) is 1. The molecule has 4 aromatic rings. The summed E-state index contributed by atoms with van der Waals surface area (Å²) >= 11 is 0. The van der Waals surface area contributed by atoms with E-state index in [0.29, 0.717) is 17.7 Å². The maximum Gasteiger partial charge on any atom is 0.305 e. The normalized spacial score (nSPS) is 11.1. The molecular formula is C30H29N3O5S. The number of carbonyl (C=O) groups is 2. The average Bonchev–Trinajstić information content (AvgIpc) is 2.92. The molecular weight excluding hydrogens is 514 g/mol. The molecule has 1 heterocycles. The molecule has 0 radical (unpaired) electrons. The Morgan fingerprint density at radius 1 is 0.872 bits per heavy atom. The highest BCUT2D eigenvalue weighted by molar-refractivity contribution is 7.90. The third kappa shape index (κ3) is 7.30. The molecule has 3 N–H and O–H groups in total. The Balaban J connectivity index is 1.54. The van der Waals surface area contributed by atoms with Crippen LogP contribution in [0.5, 0.6) is 0 Å². The lowest BCUT2D eigenvalue weighted by Gasteiger charge is -2.14. The molecule has 0 unspecified atom stereocenters. The van der Waals surface area contributed by atoms with Crippen LogP contribution in [0.4, 0.5) is 5.69 Å². The largest absolute Gasteiger partial charge is 0.481 e. The van der Waals surface area contributed by atoms with Crippen molar-refractivity contribution in [3.05, 3.63) is 102 Å². The predicted octanol–water partition coefficient (Wildman–Crippen LogP) is 4.94. The van der Waals surface area contributed by atoms with Crippen LogP contribution in [0.25, 0.3) is 22.3 Å². The molecule has 0 spiro atoms. The monoisotopic (exact) mass is 543 g/mol. The van der Waals surface area contributed by atoms with Crippen LogP contribution >= 0.6 is 0 Å². The molecule has 1 aromatic heterocycles. The Labute approximate surface area is 227 Å². The summed E-state index contributed by atoms with van der Waals surface area (Å²) in [4.78, 5) is 27.3. The van der Waals surface area contributed by atoms with Crippen molar-refractivity contribution in [2.45, 2.75) is 24.8 Å². The van der Waals surface area contributed by atoms with Crippen LogP contribution in [0.3, 0.4) is 0 Å². The number of nitrogens with one attached hydrogen (secondary N) is 2. The first-order valence-corrected chi connectivity index (χ1v) is 14.2. The second-order valence-corrected chi connectivity index (χ2v) is 11.2. The molecule has 0 aliphatic rings. The van der Waals surface area contributed by atoms with Crippen molar-refractivity contribution < 1.29 is 23.1 Å². The van der Waals surface area contributed by atoms with E-state index in [1.54, 1.807) is 24.3 Å². The molecule has 0 aliphatic heterocycles. The number of pyridine rings is 1. The van der Waals surface area contributed by atoms with Gasteiger partial charge in [-0.15, -0.1) is 0 Å². The van der Waals surface area contributed by atoms with Crippen LogP contribution in [0, 0.1) is 6.92 Å². The van der Waals surface area contributed by atoms with Crippen LogP contribution < -0.4 is 10.6 Å². The van der Waals surface area contributed by atoms with Gasteiger partial charge in [0.05, 0.1) is 11.3 Å². The summed E-state index contributed by atoms with van der Waals surface area (Å²) in [5.41, 5.74) is 6.67. The van der Waals surface area contributed by atoms with Gasteiger partial charge in [0, 0.05) is 36.8 Å². The molecule has 0 aliphatic carbocycles. The van der Waals surface area contributed by atoms with Crippen LogP contribution in [0.15, 0.2) is 90.0 Å². The zero-order valence-electron chi connectivity index (χ0n) is 21.6. The summed E-state index contributed by atoms with van der Waals surface area (Å²) < 4.78 is 24.5.